The lowest BCUT2D eigenvalue weighted by Crippen LogP contribution is -2.20. The van der Waals surface area contributed by atoms with E-state index in [9.17, 15) is 4.79 Å². The summed E-state index contributed by atoms with van der Waals surface area (Å²) in [4.78, 5) is 16.3. The number of carbonyl (C=O) groups is 1. The van der Waals surface area contributed by atoms with Crippen LogP contribution in [-0.2, 0) is 11.3 Å². The second kappa shape index (κ2) is 8.80. The predicted octanol–water partition coefficient (Wildman–Crippen LogP) is 4.26. The van der Waals surface area contributed by atoms with Crippen molar-refractivity contribution in [3.05, 3.63) is 109 Å². The van der Waals surface area contributed by atoms with Crippen LogP contribution in [0.2, 0.25) is 0 Å². The van der Waals surface area contributed by atoms with Gasteiger partial charge in [-0.3, -0.25) is 9.78 Å². The zero-order valence-corrected chi connectivity index (χ0v) is 15.8. The first-order valence-corrected chi connectivity index (χ1v) is 9.35. The van der Waals surface area contributed by atoms with Gasteiger partial charge in [-0.25, -0.2) is 4.68 Å². The largest absolute Gasteiger partial charge is 0.348 e. The van der Waals surface area contributed by atoms with Crippen LogP contribution in [0.4, 0.5) is 0 Å². The van der Waals surface area contributed by atoms with Gasteiger partial charge in [0.2, 0.25) is 5.91 Å². The third-order valence-electron chi connectivity index (χ3n) is 4.42. The van der Waals surface area contributed by atoms with Gasteiger partial charge in [-0.2, -0.15) is 5.10 Å². The van der Waals surface area contributed by atoms with Crippen LogP contribution < -0.4 is 5.32 Å². The molecule has 0 saturated carbocycles. The number of carbonyl (C=O) groups excluding carboxylic acids is 1. The second-order valence-electron chi connectivity index (χ2n) is 6.49. The number of benzene rings is 2. The highest BCUT2D eigenvalue weighted by Gasteiger charge is 2.12. The molecule has 2 aromatic heterocycles. The molecule has 0 atom stereocenters. The lowest BCUT2D eigenvalue weighted by atomic mass is 10.1. The molecule has 1 amide bonds. The molecule has 0 unspecified atom stereocenters. The standard InChI is InChI=1S/C24H20N4O/c29-23(14-13-19-8-7-15-25-16-19)26-17-21-18-28(22-11-5-2-6-12-22)27-24(21)20-9-3-1-4-10-20/h1-16,18H,17H2,(H,26,29)/b14-13+. The van der Waals surface area contributed by atoms with Crippen LogP contribution in [0.25, 0.3) is 23.0 Å². The van der Waals surface area contributed by atoms with Crippen LogP contribution in [0.1, 0.15) is 11.1 Å². The highest BCUT2D eigenvalue weighted by Crippen LogP contribution is 2.23. The molecule has 0 aliphatic heterocycles. The summed E-state index contributed by atoms with van der Waals surface area (Å²) in [6, 6.07) is 23.6. The molecular formula is C24H20N4O. The number of nitrogens with zero attached hydrogens (tertiary/aromatic N) is 3. The SMILES string of the molecule is O=C(/C=C/c1cccnc1)NCc1cn(-c2ccccc2)nc1-c1ccccc1. The monoisotopic (exact) mass is 380 g/mol. The number of para-hydroxylation sites is 1. The van der Waals surface area contributed by atoms with Crippen LogP contribution in [-0.4, -0.2) is 20.7 Å². The maximum Gasteiger partial charge on any atom is 0.244 e. The van der Waals surface area contributed by atoms with Crippen molar-refractivity contribution >= 4 is 12.0 Å². The van der Waals surface area contributed by atoms with Gasteiger partial charge in [-0.05, 0) is 29.8 Å². The Labute approximate surface area is 169 Å². The molecule has 0 spiro atoms. The fourth-order valence-corrected chi connectivity index (χ4v) is 2.98. The van der Waals surface area contributed by atoms with Crippen LogP contribution >= 0.6 is 0 Å². The molecule has 4 aromatic rings. The first kappa shape index (κ1) is 18.4. The normalized spacial score (nSPS) is 10.9. The van der Waals surface area contributed by atoms with E-state index in [-0.39, 0.29) is 5.91 Å². The van der Waals surface area contributed by atoms with Gasteiger partial charge >= 0.3 is 0 Å². The third-order valence-corrected chi connectivity index (χ3v) is 4.42. The van der Waals surface area contributed by atoms with Crippen LogP contribution in [0.3, 0.4) is 0 Å². The highest BCUT2D eigenvalue weighted by atomic mass is 16.1. The number of aromatic nitrogens is 3. The molecule has 0 fully saturated rings. The van der Waals surface area contributed by atoms with Crippen molar-refractivity contribution in [1.82, 2.24) is 20.1 Å². The molecule has 29 heavy (non-hydrogen) atoms. The van der Waals surface area contributed by atoms with Gasteiger partial charge in [-0.1, -0.05) is 54.6 Å². The maximum absolute atomic E-state index is 12.3. The minimum atomic E-state index is -0.166. The Morgan fingerprint density at radius 2 is 1.72 bits per heavy atom. The van der Waals surface area contributed by atoms with Gasteiger partial charge in [0.15, 0.2) is 0 Å². The fourth-order valence-electron chi connectivity index (χ4n) is 2.98. The number of hydrogen-bond donors (Lipinski definition) is 1. The predicted molar refractivity (Wildman–Crippen MR) is 114 cm³/mol. The lowest BCUT2D eigenvalue weighted by Gasteiger charge is -2.03. The van der Waals surface area contributed by atoms with Crippen molar-refractivity contribution in [2.24, 2.45) is 0 Å². The van der Waals surface area contributed by atoms with Gasteiger partial charge < -0.3 is 5.32 Å². The molecule has 142 valence electrons. The van der Waals surface area contributed by atoms with Gasteiger partial charge in [0.25, 0.3) is 0 Å². The molecule has 4 rings (SSSR count). The summed E-state index contributed by atoms with van der Waals surface area (Å²) in [5.74, 6) is -0.166. The lowest BCUT2D eigenvalue weighted by molar-refractivity contribution is -0.116. The molecule has 5 heteroatoms. The van der Waals surface area contributed by atoms with Crippen LogP contribution in [0.5, 0.6) is 0 Å². The maximum atomic E-state index is 12.3. The van der Waals surface area contributed by atoms with Crippen molar-refractivity contribution in [2.75, 3.05) is 0 Å². The summed E-state index contributed by atoms with van der Waals surface area (Å²) < 4.78 is 1.84. The molecule has 2 aromatic carbocycles. The van der Waals surface area contributed by atoms with Crippen molar-refractivity contribution in [3.8, 4) is 16.9 Å². The van der Waals surface area contributed by atoms with E-state index in [1.54, 1.807) is 18.5 Å². The number of pyridine rings is 1. The second-order valence-corrected chi connectivity index (χ2v) is 6.49. The van der Waals surface area contributed by atoms with E-state index in [1.165, 1.54) is 6.08 Å². The van der Waals surface area contributed by atoms with Crippen molar-refractivity contribution in [2.45, 2.75) is 6.54 Å². The Morgan fingerprint density at radius 1 is 0.966 bits per heavy atom. The van der Waals surface area contributed by atoms with Crippen LogP contribution in [0, 0.1) is 0 Å². The van der Waals surface area contributed by atoms with Gasteiger partial charge in [0.05, 0.1) is 11.4 Å². The minimum absolute atomic E-state index is 0.166. The average molecular weight is 380 g/mol. The highest BCUT2D eigenvalue weighted by molar-refractivity contribution is 5.91. The van der Waals surface area contributed by atoms with Gasteiger partial charge in [-0.15, -0.1) is 0 Å². The molecule has 0 bridgehead atoms. The smallest absolute Gasteiger partial charge is 0.244 e. The molecule has 0 aliphatic rings. The number of amides is 1. The Morgan fingerprint density at radius 3 is 2.45 bits per heavy atom. The Kier molecular flexibility index (Phi) is 5.58. The van der Waals surface area contributed by atoms with E-state index in [0.29, 0.717) is 6.54 Å². The summed E-state index contributed by atoms with van der Waals surface area (Å²) in [7, 11) is 0. The number of rotatable bonds is 6. The Hall–Kier alpha value is -3.99. The summed E-state index contributed by atoms with van der Waals surface area (Å²) in [5, 5.41) is 7.71. The van der Waals surface area contributed by atoms with Crippen molar-refractivity contribution in [3.63, 3.8) is 0 Å². The first-order valence-electron chi connectivity index (χ1n) is 9.35. The summed E-state index contributed by atoms with van der Waals surface area (Å²) >= 11 is 0. The fraction of sp³-hybridized carbons (Fsp3) is 0.0417. The van der Waals surface area contributed by atoms with E-state index in [1.807, 2.05) is 83.7 Å². The van der Waals surface area contributed by atoms with Gasteiger partial charge in [0, 0.05) is 42.3 Å². The van der Waals surface area contributed by atoms with Crippen molar-refractivity contribution < 1.29 is 4.79 Å². The van der Waals surface area contributed by atoms with E-state index in [4.69, 9.17) is 5.10 Å². The number of hydrogen-bond acceptors (Lipinski definition) is 3. The zero-order chi connectivity index (χ0) is 19.9. The molecule has 0 radical (unpaired) electrons. The minimum Gasteiger partial charge on any atom is -0.348 e. The van der Waals surface area contributed by atoms with Crippen molar-refractivity contribution in [1.29, 1.82) is 0 Å². The van der Waals surface area contributed by atoms with E-state index < -0.39 is 0 Å². The summed E-state index contributed by atoms with van der Waals surface area (Å²) in [6.45, 7) is 0.382. The van der Waals surface area contributed by atoms with E-state index in [2.05, 4.69) is 10.3 Å². The average Bonchev–Trinajstić information content (AvgIpc) is 3.22. The molecule has 5 nitrogen and oxygen atoms in total. The van der Waals surface area contributed by atoms with Gasteiger partial charge in [0.1, 0.15) is 0 Å². The quantitative estimate of drug-likeness (QED) is 0.508. The molecule has 2 heterocycles. The summed E-state index contributed by atoms with van der Waals surface area (Å²) in [5.41, 5.74) is 4.66. The Bertz CT molecular complexity index is 1100. The van der Waals surface area contributed by atoms with E-state index >= 15 is 0 Å². The van der Waals surface area contributed by atoms with Crippen LogP contribution in [0.15, 0.2) is 97.5 Å². The Balaban J connectivity index is 1.55. The molecule has 0 aliphatic carbocycles. The zero-order valence-electron chi connectivity index (χ0n) is 15.8. The topological polar surface area (TPSA) is 59.8 Å². The molecular weight excluding hydrogens is 360 g/mol. The number of nitrogens with one attached hydrogen (secondary N) is 1. The van der Waals surface area contributed by atoms with E-state index in [0.717, 1.165) is 28.1 Å². The molecule has 1 N–H and O–H groups in total. The first-order chi connectivity index (χ1) is 14.3. The third kappa shape index (κ3) is 4.65. The summed E-state index contributed by atoms with van der Waals surface area (Å²) in [6.07, 6.45) is 8.63. The molecule has 0 saturated heterocycles.